The number of hydrogen-bond donors (Lipinski definition) is 1. The molecule has 3 rings (SSSR count). The van der Waals surface area contributed by atoms with Gasteiger partial charge in [0.05, 0.1) is 10.8 Å². The molecule has 30 heavy (non-hydrogen) atoms. The third-order valence-electron chi connectivity index (χ3n) is 4.57. The number of para-hydroxylation sites is 2. The quantitative estimate of drug-likeness (QED) is 0.448. The van der Waals surface area contributed by atoms with Crippen LogP contribution in [0.25, 0.3) is 0 Å². The first-order valence-corrected chi connectivity index (χ1v) is 11.2. The van der Waals surface area contributed by atoms with Gasteiger partial charge in [-0.3, -0.25) is 4.79 Å². The molecule has 0 saturated carbocycles. The molecule has 1 atom stereocenters. The minimum Gasteiger partial charge on any atom is -0.481 e. The Labute approximate surface area is 186 Å². The van der Waals surface area contributed by atoms with Crippen molar-refractivity contribution in [2.45, 2.75) is 45.0 Å². The number of anilines is 1. The van der Waals surface area contributed by atoms with Crippen LogP contribution in [0, 0.1) is 0 Å². The van der Waals surface area contributed by atoms with E-state index in [2.05, 4.69) is 22.4 Å². The van der Waals surface area contributed by atoms with Crippen molar-refractivity contribution in [3.05, 3.63) is 64.9 Å². The Bertz CT molecular complexity index is 1010. The maximum atomic E-state index is 12.4. The number of halogens is 1. The second-order valence-corrected chi connectivity index (χ2v) is 7.97. The summed E-state index contributed by atoms with van der Waals surface area (Å²) in [5, 5.41) is 12.8. The average Bonchev–Trinajstić information content (AvgIpc) is 3.17. The zero-order valence-corrected chi connectivity index (χ0v) is 18.8. The molecule has 0 aliphatic carbocycles. The molecule has 1 N–H and O–H groups in total. The highest BCUT2D eigenvalue weighted by molar-refractivity contribution is 7.99. The van der Waals surface area contributed by atoms with Gasteiger partial charge in [0.2, 0.25) is 5.91 Å². The molecule has 2 aromatic carbocycles. The minimum atomic E-state index is -0.336. The summed E-state index contributed by atoms with van der Waals surface area (Å²) in [5.74, 6) is 1.46. The van der Waals surface area contributed by atoms with E-state index in [1.54, 1.807) is 6.07 Å². The first kappa shape index (κ1) is 22.2. The van der Waals surface area contributed by atoms with E-state index in [0.717, 1.165) is 17.7 Å². The summed E-state index contributed by atoms with van der Waals surface area (Å²) in [6, 6.07) is 15.2. The molecule has 0 saturated heterocycles. The number of ether oxygens (including phenoxy) is 1. The minimum absolute atomic E-state index is 0.0755. The van der Waals surface area contributed by atoms with Gasteiger partial charge < -0.3 is 14.6 Å². The van der Waals surface area contributed by atoms with Gasteiger partial charge in [-0.2, -0.15) is 0 Å². The fourth-order valence-electron chi connectivity index (χ4n) is 3.06. The first-order chi connectivity index (χ1) is 14.5. The van der Waals surface area contributed by atoms with Crippen LogP contribution in [0.15, 0.2) is 53.7 Å². The average molecular weight is 445 g/mol. The summed E-state index contributed by atoms with van der Waals surface area (Å²) in [4.78, 5) is 12.4. The molecular weight excluding hydrogens is 420 g/mol. The molecule has 158 valence electrons. The zero-order valence-electron chi connectivity index (χ0n) is 17.3. The monoisotopic (exact) mass is 444 g/mol. The van der Waals surface area contributed by atoms with Crippen molar-refractivity contribution in [1.29, 1.82) is 0 Å². The molecule has 0 fully saturated rings. The first-order valence-electron chi connectivity index (χ1n) is 9.88. The van der Waals surface area contributed by atoms with Crippen LogP contribution in [-0.2, 0) is 17.8 Å². The lowest BCUT2D eigenvalue weighted by Gasteiger charge is -2.16. The number of aromatic nitrogens is 3. The number of nitrogens with zero attached hydrogens (tertiary/aromatic N) is 3. The summed E-state index contributed by atoms with van der Waals surface area (Å²) >= 11 is 7.55. The molecule has 3 aromatic rings. The van der Waals surface area contributed by atoms with E-state index in [1.165, 1.54) is 11.8 Å². The number of rotatable bonds is 9. The molecule has 0 unspecified atom stereocenters. The Morgan fingerprint density at radius 3 is 2.63 bits per heavy atom. The van der Waals surface area contributed by atoms with Crippen molar-refractivity contribution in [1.82, 2.24) is 14.8 Å². The number of hydrogen-bond acceptors (Lipinski definition) is 5. The predicted molar refractivity (Wildman–Crippen MR) is 121 cm³/mol. The van der Waals surface area contributed by atoms with Gasteiger partial charge in [-0.1, -0.05) is 60.6 Å². The molecule has 1 aromatic heterocycles. The van der Waals surface area contributed by atoms with E-state index in [4.69, 9.17) is 16.3 Å². The summed E-state index contributed by atoms with van der Waals surface area (Å²) < 4.78 is 7.93. The molecule has 1 amide bonds. The molecule has 1 heterocycles. The zero-order chi connectivity index (χ0) is 21.5. The van der Waals surface area contributed by atoms with Gasteiger partial charge in [-0.15, -0.1) is 10.2 Å². The van der Waals surface area contributed by atoms with Crippen LogP contribution < -0.4 is 10.1 Å². The smallest absolute Gasteiger partial charge is 0.234 e. The molecule has 0 aliphatic rings. The fraction of sp³-hybridized carbons (Fsp3) is 0.318. The molecular formula is C22H25ClN4O2S. The number of benzene rings is 2. The van der Waals surface area contributed by atoms with Gasteiger partial charge in [-0.05, 0) is 44.0 Å². The lowest BCUT2D eigenvalue weighted by molar-refractivity contribution is -0.113. The van der Waals surface area contributed by atoms with Crippen LogP contribution >= 0.6 is 23.4 Å². The van der Waals surface area contributed by atoms with E-state index in [0.29, 0.717) is 28.3 Å². The van der Waals surface area contributed by atoms with Crippen LogP contribution in [0.2, 0.25) is 5.02 Å². The van der Waals surface area contributed by atoms with Crippen molar-refractivity contribution >= 4 is 35.0 Å². The Kier molecular flexibility index (Phi) is 7.76. The number of carbonyl (C=O) groups excluding carboxylic acids is 1. The highest BCUT2D eigenvalue weighted by Crippen LogP contribution is 2.29. The maximum absolute atomic E-state index is 12.4. The standard InChI is InChI=1S/C22H25ClN4O2S/c1-4-16-10-6-8-12-18(16)24-20(28)14-30-22-26-25-21(27(22)5-2)15(3)29-19-13-9-7-11-17(19)23/h6-13,15H,4-5,14H2,1-3H3,(H,24,28)/t15-/m0/s1. The van der Waals surface area contributed by atoms with Gasteiger partial charge in [-0.25, -0.2) is 0 Å². The number of carbonyl (C=O) groups is 1. The van der Waals surface area contributed by atoms with Crippen molar-refractivity contribution in [3.63, 3.8) is 0 Å². The molecule has 8 heteroatoms. The maximum Gasteiger partial charge on any atom is 0.234 e. The van der Waals surface area contributed by atoms with Crippen LogP contribution in [0.1, 0.15) is 38.3 Å². The highest BCUT2D eigenvalue weighted by atomic mass is 35.5. The second kappa shape index (κ2) is 10.5. The van der Waals surface area contributed by atoms with Crippen molar-refractivity contribution in [2.75, 3.05) is 11.1 Å². The number of amides is 1. The van der Waals surface area contributed by atoms with E-state index in [-0.39, 0.29) is 17.8 Å². The Morgan fingerprint density at radius 2 is 1.90 bits per heavy atom. The van der Waals surface area contributed by atoms with E-state index < -0.39 is 0 Å². The summed E-state index contributed by atoms with van der Waals surface area (Å²) in [6.45, 7) is 6.65. The Hall–Kier alpha value is -2.51. The van der Waals surface area contributed by atoms with Gasteiger partial charge in [0.1, 0.15) is 5.75 Å². The van der Waals surface area contributed by atoms with Gasteiger partial charge in [0, 0.05) is 12.2 Å². The SMILES string of the molecule is CCc1ccccc1NC(=O)CSc1nnc([C@H](C)Oc2ccccc2Cl)n1CC. The summed E-state index contributed by atoms with van der Waals surface area (Å²) in [5.41, 5.74) is 1.96. The predicted octanol–water partition coefficient (Wildman–Crippen LogP) is 5.38. The molecule has 0 bridgehead atoms. The van der Waals surface area contributed by atoms with Crippen LogP contribution in [0.4, 0.5) is 5.69 Å². The van der Waals surface area contributed by atoms with Crippen LogP contribution in [0.3, 0.4) is 0 Å². The number of aryl methyl sites for hydroxylation is 1. The lowest BCUT2D eigenvalue weighted by atomic mass is 10.1. The Morgan fingerprint density at radius 1 is 1.17 bits per heavy atom. The molecule has 6 nitrogen and oxygen atoms in total. The van der Waals surface area contributed by atoms with Crippen molar-refractivity contribution in [2.24, 2.45) is 0 Å². The number of nitrogens with one attached hydrogen (secondary N) is 1. The fourth-order valence-corrected chi connectivity index (χ4v) is 4.04. The van der Waals surface area contributed by atoms with E-state index >= 15 is 0 Å². The lowest BCUT2D eigenvalue weighted by Crippen LogP contribution is -2.16. The molecule has 0 radical (unpaired) electrons. The second-order valence-electron chi connectivity index (χ2n) is 6.62. The van der Waals surface area contributed by atoms with E-state index in [9.17, 15) is 4.79 Å². The van der Waals surface area contributed by atoms with Crippen LogP contribution in [0.5, 0.6) is 5.75 Å². The summed E-state index contributed by atoms with van der Waals surface area (Å²) in [6.07, 6.45) is 0.525. The third kappa shape index (κ3) is 5.34. The molecule has 0 spiro atoms. The van der Waals surface area contributed by atoms with Gasteiger partial charge in [0.25, 0.3) is 0 Å². The topological polar surface area (TPSA) is 69.0 Å². The van der Waals surface area contributed by atoms with Crippen molar-refractivity contribution in [3.8, 4) is 5.75 Å². The molecule has 0 aliphatic heterocycles. The normalized spacial score (nSPS) is 11.9. The Balaban J connectivity index is 1.65. The largest absolute Gasteiger partial charge is 0.481 e. The third-order valence-corrected chi connectivity index (χ3v) is 5.85. The van der Waals surface area contributed by atoms with Crippen LogP contribution in [-0.4, -0.2) is 26.4 Å². The van der Waals surface area contributed by atoms with Crippen molar-refractivity contribution < 1.29 is 9.53 Å². The van der Waals surface area contributed by atoms with E-state index in [1.807, 2.05) is 60.9 Å². The highest BCUT2D eigenvalue weighted by Gasteiger charge is 2.20. The van der Waals surface area contributed by atoms with Gasteiger partial charge in [0.15, 0.2) is 17.1 Å². The van der Waals surface area contributed by atoms with Gasteiger partial charge >= 0.3 is 0 Å². The summed E-state index contributed by atoms with van der Waals surface area (Å²) in [7, 11) is 0. The number of thioether (sulfide) groups is 1.